The molecule has 2 aromatic rings. The van der Waals surface area contributed by atoms with Crippen LogP contribution in [0.1, 0.15) is 19.4 Å². The topological polar surface area (TPSA) is 90.0 Å². The van der Waals surface area contributed by atoms with Gasteiger partial charge in [-0.1, -0.05) is 26.0 Å². The third-order valence-electron chi connectivity index (χ3n) is 3.91. The van der Waals surface area contributed by atoms with Crippen LogP contribution in [0, 0.1) is 11.7 Å². The van der Waals surface area contributed by atoms with Crippen LogP contribution in [-0.4, -0.2) is 41.1 Å². The Morgan fingerprint density at radius 3 is 2.31 bits per heavy atom. The Labute approximate surface area is 171 Å². The second kappa shape index (κ2) is 9.10. The van der Waals surface area contributed by atoms with Gasteiger partial charge in [0.2, 0.25) is 10.0 Å². The van der Waals surface area contributed by atoms with Crippen molar-refractivity contribution in [3.63, 3.8) is 0 Å². The van der Waals surface area contributed by atoms with E-state index in [0.717, 1.165) is 12.3 Å². The molecule has 29 heavy (non-hydrogen) atoms. The maximum atomic E-state index is 13.8. The molecule has 0 unspecified atom stereocenters. The molecule has 0 aliphatic carbocycles. The van der Waals surface area contributed by atoms with Crippen molar-refractivity contribution in [3.05, 3.63) is 53.8 Å². The predicted octanol–water partition coefficient (Wildman–Crippen LogP) is 3.02. The minimum atomic E-state index is -4.28. The van der Waals surface area contributed by atoms with Crippen molar-refractivity contribution in [2.24, 2.45) is 5.92 Å². The Balaban J connectivity index is 2.25. The molecule has 0 heterocycles. The van der Waals surface area contributed by atoms with Crippen molar-refractivity contribution < 1.29 is 30.1 Å². The highest BCUT2D eigenvalue weighted by Crippen LogP contribution is 2.25. The van der Waals surface area contributed by atoms with Gasteiger partial charge in [0.25, 0.3) is 0 Å². The van der Waals surface area contributed by atoms with Crippen molar-refractivity contribution in [3.8, 4) is 11.5 Å². The summed E-state index contributed by atoms with van der Waals surface area (Å²) >= 11 is 0. The molecule has 2 rings (SSSR count). The van der Waals surface area contributed by atoms with E-state index in [1.165, 1.54) is 35.7 Å². The average molecular weight is 446 g/mol. The standard InChI is InChI=1S/C19H24FNO6S2/c1-14(2)12-21(28(4,22)23)13-15-6-5-7-16(10-15)27-29(24,25)17-8-9-19(26-3)18(20)11-17/h5-11,14H,12-13H2,1-4H3. The molecule has 10 heteroatoms. The lowest BCUT2D eigenvalue weighted by atomic mass is 10.2. The summed E-state index contributed by atoms with van der Waals surface area (Å²) in [6.45, 7) is 4.20. The fraction of sp³-hybridized carbons (Fsp3) is 0.368. The third-order valence-corrected chi connectivity index (χ3v) is 6.37. The van der Waals surface area contributed by atoms with Gasteiger partial charge in [0.1, 0.15) is 10.6 Å². The maximum absolute atomic E-state index is 13.8. The lowest BCUT2D eigenvalue weighted by molar-refractivity contribution is 0.364. The lowest BCUT2D eigenvalue weighted by Gasteiger charge is -2.22. The van der Waals surface area contributed by atoms with Gasteiger partial charge in [0, 0.05) is 13.1 Å². The molecule has 0 radical (unpaired) electrons. The quantitative estimate of drug-likeness (QED) is 0.551. The first-order valence-electron chi connectivity index (χ1n) is 8.74. The molecule has 0 N–H and O–H groups in total. The number of halogens is 1. The Kier molecular flexibility index (Phi) is 7.25. The molecule has 0 atom stereocenters. The number of nitrogens with zero attached hydrogens (tertiary/aromatic N) is 1. The molecule has 0 saturated carbocycles. The molecule has 2 aromatic carbocycles. The zero-order chi connectivity index (χ0) is 21.8. The van der Waals surface area contributed by atoms with Crippen molar-refractivity contribution in [1.29, 1.82) is 0 Å². The Bertz CT molecular complexity index is 1070. The van der Waals surface area contributed by atoms with E-state index in [1.807, 2.05) is 13.8 Å². The number of rotatable bonds is 9. The van der Waals surface area contributed by atoms with E-state index in [9.17, 15) is 21.2 Å². The zero-order valence-corrected chi connectivity index (χ0v) is 18.3. The van der Waals surface area contributed by atoms with Crippen LogP contribution in [-0.2, 0) is 26.7 Å². The summed E-state index contributed by atoms with van der Waals surface area (Å²) < 4.78 is 73.9. The van der Waals surface area contributed by atoms with Crippen LogP contribution in [0.25, 0.3) is 0 Å². The highest BCUT2D eigenvalue weighted by Gasteiger charge is 2.21. The van der Waals surface area contributed by atoms with Crippen LogP contribution in [0.2, 0.25) is 0 Å². The largest absolute Gasteiger partial charge is 0.494 e. The number of hydrogen-bond acceptors (Lipinski definition) is 6. The van der Waals surface area contributed by atoms with Gasteiger partial charge in [-0.05, 0) is 41.8 Å². The maximum Gasteiger partial charge on any atom is 0.339 e. The summed E-state index contributed by atoms with van der Waals surface area (Å²) in [4.78, 5) is -0.362. The highest BCUT2D eigenvalue weighted by molar-refractivity contribution is 7.88. The summed E-state index contributed by atoms with van der Waals surface area (Å²) in [6.07, 6.45) is 1.12. The second-order valence-corrected chi connectivity index (χ2v) is 10.5. The Morgan fingerprint density at radius 2 is 1.76 bits per heavy atom. The van der Waals surface area contributed by atoms with Gasteiger partial charge in [-0.25, -0.2) is 12.8 Å². The Morgan fingerprint density at radius 1 is 1.07 bits per heavy atom. The monoisotopic (exact) mass is 445 g/mol. The normalized spacial score (nSPS) is 12.4. The summed E-state index contributed by atoms with van der Waals surface area (Å²) in [5.74, 6) is -0.799. The lowest BCUT2D eigenvalue weighted by Crippen LogP contribution is -2.32. The van der Waals surface area contributed by atoms with Crippen LogP contribution >= 0.6 is 0 Å². The molecular weight excluding hydrogens is 421 g/mol. The van der Waals surface area contributed by atoms with Crippen LogP contribution in [0.5, 0.6) is 11.5 Å². The molecule has 7 nitrogen and oxygen atoms in total. The first-order valence-corrected chi connectivity index (χ1v) is 12.0. The van der Waals surface area contributed by atoms with Gasteiger partial charge in [0.05, 0.1) is 13.4 Å². The fourth-order valence-corrected chi connectivity index (χ4v) is 4.49. The number of benzene rings is 2. The molecule has 0 aromatic heterocycles. The summed E-state index contributed by atoms with van der Waals surface area (Å²) in [7, 11) is -6.45. The van der Waals surface area contributed by atoms with E-state index < -0.39 is 26.0 Å². The van der Waals surface area contributed by atoms with Crippen LogP contribution in [0.4, 0.5) is 4.39 Å². The fourth-order valence-electron chi connectivity index (χ4n) is 2.60. The number of methoxy groups -OCH3 is 1. The van der Waals surface area contributed by atoms with Crippen molar-refractivity contribution in [2.75, 3.05) is 19.9 Å². The first-order chi connectivity index (χ1) is 13.4. The second-order valence-electron chi connectivity index (χ2n) is 6.93. The molecule has 0 bridgehead atoms. The van der Waals surface area contributed by atoms with Crippen molar-refractivity contribution in [1.82, 2.24) is 4.31 Å². The van der Waals surface area contributed by atoms with Crippen molar-refractivity contribution in [2.45, 2.75) is 25.3 Å². The molecular formula is C19H24FNO6S2. The van der Waals surface area contributed by atoms with Gasteiger partial charge < -0.3 is 8.92 Å². The van der Waals surface area contributed by atoms with E-state index in [4.69, 9.17) is 8.92 Å². The smallest absolute Gasteiger partial charge is 0.339 e. The average Bonchev–Trinajstić information content (AvgIpc) is 2.60. The summed E-state index contributed by atoms with van der Waals surface area (Å²) in [5, 5.41) is 0. The first kappa shape index (κ1) is 23.1. The van der Waals surface area contributed by atoms with Crippen LogP contribution < -0.4 is 8.92 Å². The number of sulfonamides is 1. The van der Waals surface area contributed by atoms with Crippen LogP contribution in [0.15, 0.2) is 47.4 Å². The summed E-state index contributed by atoms with van der Waals surface area (Å²) in [5.41, 5.74) is 0.560. The van der Waals surface area contributed by atoms with Crippen LogP contribution in [0.3, 0.4) is 0 Å². The molecule has 160 valence electrons. The van der Waals surface area contributed by atoms with Gasteiger partial charge in [-0.15, -0.1) is 0 Å². The predicted molar refractivity (Wildman–Crippen MR) is 107 cm³/mol. The molecule has 0 fully saturated rings. The molecule has 0 aliphatic heterocycles. The van der Waals surface area contributed by atoms with E-state index in [0.29, 0.717) is 12.1 Å². The zero-order valence-electron chi connectivity index (χ0n) is 16.6. The third kappa shape index (κ3) is 6.41. The molecule has 0 amide bonds. The number of hydrogen-bond donors (Lipinski definition) is 0. The van der Waals surface area contributed by atoms with Crippen molar-refractivity contribution >= 4 is 20.1 Å². The summed E-state index contributed by atoms with van der Waals surface area (Å²) in [6, 6.07) is 9.28. The van der Waals surface area contributed by atoms with E-state index in [-0.39, 0.29) is 28.9 Å². The molecule has 0 spiro atoms. The van der Waals surface area contributed by atoms with Gasteiger partial charge in [-0.3, -0.25) is 0 Å². The van der Waals surface area contributed by atoms with Gasteiger partial charge in [0.15, 0.2) is 11.6 Å². The van der Waals surface area contributed by atoms with E-state index >= 15 is 0 Å². The minimum absolute atomic E-state index is 0.00303. The molecule has 0 aliphatic rings. The number of ether oxygens (including phenoxy) is 1. The van der Waals surface area contributed by atoms with Gasteiger partial charge >= 0.3 is 10.1 Å². The SMILES string of the molecule is COc1ccc(S(=O)(=O)Oc2cccc(CN(CC(C)C)S(C)(=O)=O)c2)cc1F. The minimum Gasteiger partial charge on any atom is -0.494 e. The van der Waals surface area contributed by atoms with E-state index in [1.54, 1.807) is 12.1 Å². The van der Waals surface area contributed by atoms with Gasteiger partial charge in [-0.2, -0.15) is 12.7 Å². The Hall–Kier alpha value is -2.17. The van der Waals surface area contributed by atoms with E-state index in [2.05, 4.69) is 0 Å². The highest BCUT2D eigenvalue weighted by atomic mass is 32.2. The molecule has 0 saturated heterocycles.